The van der Waals surface area contributed by atoms with Gasteiger partial charge >= 0.3 is 0 Å². The number of phenolic OH excluding ortho intramolecular Hbond substituents is 1. The van der Waals surface area contributed by atoms with Gasteiger partial charge in [0.05, 0.1) is 24.9 Å². The lowest BCUT2D eigenvalue weighted by Crippen LogP contribution is -2.01. The number of hydrogen-bond acceptors (Lipinski definition) is 4. The van der Waals surface area contributed by atoms with E-state index in [1.165, 1.54) is 0 Å². The standard InChI is InChI=1S/C15H16ClNO3/c1-19-11-4-6-15(20-2)13(8-11)17-9-10-3-5-14(18)12(16)7-10/h3-8,17-18H,9H2,1-2H3. The van der Waals surface area contributed by atoms with Crippen molar-refractivity contribution in [3.8, 4) is 17.2 Å². The zero-order valence-electron chi connectivity index (χ0n) is 11.3. The van der Waals surface area contributed by atoms with Crippen LogP contribution < -0.4 is 14.8 Å². The summed E-state index contributed by atoms with van der Waals surface area (Å²) < 4.78 is 10.5. The van der Waals surface area contributed by atoms with Crippen LogP contribution in [0.3, 0.4) is 0 Å². The van der Waals surface area contributed by atoms with Crippen LogP contribution in [0.25, 0.3) is 0 Å². The topological polar surface area (TPSA) is 50.7 Å². The minimum atomic E-state index is 0.0781. The van der Waals surface area contributed by atoms with E-state index in [9.17, 15) is 5.11 Å². The number of anilines is 1. The summed E-state index contributed by atoms with van der Waals surface area (Å²) in [6.45, 7) is 0.559. The molecule has 0 unspecified atom stereocenters. The number of aromatic hydroxyl groups is 1. The van der Waals surface area contributed by atoms with Crippen molar-refractivity contribution < 1.29 is 14.6 Å². The van der Waals surface area contributed by atoms with Crippen molar-refractivity contribution in [1.82, 2.24) is 0 Å². The molecule has 0 heterocycles. The molecule has 2 aromatic rings. The first-order valence-electron chi connectivity index (χ1n) is 6.07. The van der Waals surface area contributed by atoms with Crippen LogP contribution in [-0.4, -0.2) is 19.3 Å². The summed E-state index contributed by atoms with van der Waals surface area (Å²) >= 11 is 5.88. The summed E-state index contributed by atoms with van der Waals surface area (Å²) in [5.41, 5.74) is 1.79. The van der Waals surface area contributed by atoms with Crippen LogP contribution >= 0.6 is 11.6 Å². The fraction of sp³-hybridized carbons (Fsp3) is 0.200. The molecule has 0 fully saturated rings. The van der Waals surface area contributed by atoms with Crippen molar-refractivity contribution in [3.05, 3.63) is 47.0 Å². The largest absolute Gasteiger partial charge is 0.506 e. The fourth-order valence-corrected chi connectivity index (χ4v) is 2.01. The van der Waals surface area contributed by atoms with E-state index >= 15 is 0 Å². The molecular formula is C15H16ClNO3. The van der Waals surface area contributed by atoms with Crippen molar-refractivity contribution in [2.45, 2.75) is 6.54 Å². The van der Waals surface area contributed by atoms with Crippen molar-refractivity contribution in [3.63, 3.8) is 0 Å². The zero-order valence-corrected chi connectivity index (χ0v) is 12.1. The number of methoxy groups -OCH3 is 2. The second-order valence-electron chi connectivity index (χ2n) is 4.21. The van der Waals surface area contributed by atoms with Gasteiger partial charge in [-0.05, 0) is 29.8 Å². The average molecular weight is 294 g/mol. The van der Waals surface area contributed by atoms with Crippen LogP contribution in [0, 0.1) is 0 Å². The number of nitrogens with one attached hydrogen (secondary N) is 1. The molecule has 5 heteroatoms. The molecule has 0 aliphatic rings. The third-order valence-electron chi connectivity index (χ3n) is 2.90. The lowest BCUT2D eigenvalue weighted by Gasteiger charge is -2.13. The molecule has 0 aliphatic heterocycles. The summed E-state index contributed by atoms with van der Waals surface area (Å²) in [5, 5.41) is 13.0. The lowest BCUT2D eigenvalue weighted by molar-refractivity contribution is 0.404. The fourth-order valence-electron chi connectivity index (χ4n) is 1.81. The van der Waals surface area contributed by atoms with Gasteiger partial charge in [-0.2, -0.15) is 0 Å². The first kappa shape index (κ1) is 14.3. The van der Waals surface area contributed by atoms with Gasteiger partial charge in [0.1, 0.15) is 17.2 Å². The Bertz CT molecular complexity index is 602. The molecular weight excluding hydrogens is 278 g/mol. The molecule has 0 saturated heterocycles. The van der Waals surface area contributed by atoms with Crippen molar-refractivity contribution >= 4 is 17.3 Å². The summed E-state index contributed by atoms with van der Waals surface area (Å²) in [5.74, 6) is 1.56. The van der Waals surface area contributed by atoms with Gasteiger partial charge in [0.2, 0.25) is 0 Å². The lowest BCUT2D eigenvalue weighted by atomic mass is 10.2. The monoisotopic (exact) mass is 293 g/mol. The highest BCUT2D eigenvalue weighted by atomic mass is 35.5. The average Bonchev–Trinajstić information content (AvgIpc) is 2.48. The molecule has 4 nitrogen and oxygen atoms in total. The first-order valence-corrected chi connectivity index (χ1v) is 6.45. The van der Waals surface area contributed by atoms with Gasteiger partial charge in [-0.1, -0.05) is 17.7 Å². The maximum atomic E-state index is 9.39. The predicted octanol–water partition coefficient (Wildman–Crippen LogP) is 3.67. The quantitative estimate of drug-likeness (QED) is 0.883. The van der Waals surface area contributed by atoms with Crippen molar-refractivity contribution in [1.29, 1.82) is 0 Å². The van der Waals surface area contributed by atoms with Gasteiger partial charge in [-0.15, -0.1) is 0 Å². The number of rotatable bonds is 5. The number of hydrogen-bond donors (Lipinski definition) is 2. The van der Waals surface area contributed by atoms with Gasteiger partial charge in [-0.25, -0.2) is 0 Å². The van der Waals surface area contributed by atoms with Gasteiger partial charge in [0.15, 0.2) is 0 Å². The maximum Gasteiger partial charge on any atom is 0.142 e. The molecule has 0 atom stereocenters. The highest BCUT2D eigenvalue weighted by Gasteiger charge is 2.05. The Morgan fingerprint density at radius 1 is 1.10 bits per heavy atom. The second-order valence-corrected chi connectivity index (χ2v) is 4.61. The third-order valence-corrected chi connectivity index (χ3v) is 3.20. The summed E-state index contributed by atoms with van der Waals surface area (Å²) in [4.78, 5) is 0. The number of phenols is 1. The van der Waals surface area contributed by atoms with Crippen LogP contribution in [0.15, 0.2) is 36.4 Å². The van der Waals surface area contributed by atoms with E-state index in [1.807, 2.05) is 18.2 Å². The van der Waals surface area contributed by atoms with Gasteiger partial charge in [-0.3, -0.25) is 0 Å². The Kier molecular flexibility index (Phi) is 4.58. The minimum absolute atomic E-state index is 0.0781. The highest BCUT2D eigenvalue weighted by Crippen LogP contribution is 2.30. The molecule has 0 aromatic heterocycles. The first-order chi connectivity index (χ1) is 9.63. The van der Waals surface area contributed by atoms with Crippen LogP contribution in [0.1, 0.15) is 5.56 Å². The number of benzene rings is 2. The maximum absolute atomic E-state index is 9.39. The van der Waals surface area contributed by atoms with E-state index < -0.39 is 0 Å². The molecule has 0 amide bonds. The van der Waals surface area contributed by atoms with E-state index in [2.05, 4.69) is 5.32 Å². The normalized spacial score (nSPS) is 10.2. The van der Waals surface area contributed by atoms with E-state index in [-0.39, 0.29) is 5.75 Å². The van der Waals surface area contributed by atoms with Crippen LogP contribution in [0.4, 0.5) is 5.69 Å². The molecule has 0 spiro atoms. The molecule has 2 rings (SSSR count). The van der Waals surface area contributed by atoms with Crippen LogP contribution in [0.5, 0.6) is 17.2 Å². The van der Waals surface area contributed by atoms with Gasteiger partial charge in [0.25, 0.3) is 0 Å². The predicted molar refractivity (Wildman–Crippen MR) is 80.0 cm³/mol. The van der Waals surface area contributed by atoms with Crippen LogP contribution in [0.2, 0.25) is 5.02 Å². The van der Waals surface area contributed by atoms with E-state index in [1.54, 1.807) is 32.4 Å². The van der Waals surface area contributed by atoms with E-state index in [0.29, 0.717) is 11.6 Å². The van der Waals surface area contributed by atoms with E-state index in [0.717, 1.165) is 22.7 Å². The third kappa shape index (κ3) is 3.27. The molecule has 2 N–H and O–H groups in total. The Balaban J connectivity index is 2.15. The summed E-state index contributed by atoms with van der Waals surface area (Å²) in [7, 11) is 3.23. The van der Waals surface area contributed by atoms with Gasteiger partial charge in [0, 0.05) is 12.6 Å². The molecule has 2 aromatic carbocycles. The molecule has 0 radical (unpaired) electrons. The molecule has 0 aliphatic carbocycles. The highest BCUT2D eigenvalue weighted by molar-refractivity contribution is 6.32. The Labute approximate surface area is 122 Å². The smallest absolute Gasteiger partial charge is 0.142 e. The number of halogens is 1. The van der Waals surface area contributed by atoms with Crippen molar-refractivity contribution in [2.75, 3.05) is 19.5 Å². The van der Waals surface area contributed by atoms with Crippen molar-refractivity contribution in [2.24, 2.45) is 0 Å². The molecule has 0 saturated carbocycles. The SMILES string of the molecule is COc1ccc(OC)c(NCc2ccc(O)c(Cl)c2)c1. The molecule has 106 valence electrons. The Morgan fingerprint density at radius 2 is 1.90 bits per heavy atom. The van der Waals surface area contributed by atoms with Crippen LogP contribution in [-0.2, 0) is 6.54 Å². The minimum Gasteiger partial charge on any atom is -0.506 e. The Morgan fingerprint density at radius 3 is 2.55 bits per heavy atom. The molecule has 0 bridgehead atoms. The second kappa shape index (κ2) is 6.39. The van der Waals surface area contributed by atoms with E-state index in [4.69, 9.17) is 21.1 Å². The Hall–Kier alpha value is -2.07. The summed E-state index contributed by atoms with van der Waals surface area (Å²) in [6, 6.07) is 10.6. The number of ether oxygens (including phenoxy) is 2. The molecule has 20 heavy (non-hydrogen) atoms. The summed E-state index contributed by atoms with van der Waals surface area (Å²) in [6.07, 6.45) is 0. The zero-order chi connectivity index (χ0) is 14.5. The van der Waals surface area contributed by atoms with Gasteiger partial charge < -0.3 is 19.9 Å².